The second-order valence-electron chi connectivity index (χ2n) is 14.8. The van der Waals surface area contributed by atoms with Crippen molar-refractivity contribution in [2.45, 2.75) is 56.7 Å². The van der Waals surface area contributed by atoms with Gasteiger partial charge in [-0.1, -0.05) is 12.0 Å². The Balaban J connectivity index is 1.13. The van der Waals surface area contributed by atoms with E-state index in [1.807, 2.05) is 0 Å². The number of nitrogens with zero attached hydrogens (tertiary/aromatic N) is 5. The van der Waals surface area contributed by atoms with Crippen LogP contribution in [0.25, 0.3) is 32.9 Å². The fraction of sp³-hybridized carbons (Fsp3) is 0.500. The standard InChI is InChI=1S/C38H40F2N6O4/c1-3-26-28(39)9-6-21-13-25(47)14-27(30(21)26)33-32(40)34-31(36(42-33)48-2)35(46-16-23-7-8-24(17-46)41-23)44-37(43-34)50-20-38(10-11-38)19-45-15-22-5-4-12-49-29(22)18-45/h1,6,9,13-14,22-24,29,41,47H,4-5,7-8,10-12,15-20H2,2H3. The van der Waals surface area contributed by atoms with Crippen LogP contribution in [0.1, 0.15) is 44.1 Å². The number of terminal acetylenes is 1. The highest BCUT2D eigenvalue weighted by molar-refractivity contribution is 6.04. The lowest BCUT2D eigenvalue weighted by Gasteiger charge is -2.34. The van der Waals surface area contributed by atoms with Crippen LogP contribution in [0, 0.1) is 35.3 Å². The number of hydrogen-bond acceptors (Lipinski definition) is 10. The third-order valence-corrected chi connectivity index (χ3v) is 11.4. The summed E-state index contributed by atoms with van der Waals surface area (Å²) in [6.07, 6.45) is 12.6. The van der Waals surface area contributed by atoms with Crippen LogP contribution in [0.4, 0.5) is 14.6 Å². The van der Waals surface area contributed by atoms with Gasteiger partial charge >= 0.3 is 6.01 Å². The SMILES string of the molecule is C#Cc1c(F)ccc2cc(O)cc(-c3nc(OC)c4c(N5CC6CCC(C5)N6)nc(OCC5(CN6CC7CCCOC7C6)CC5)nc4c3F)c12. The van der Waals surface area contributed by atoms with Gasteiger partial charge < -0.3 is 29.5 Å². The van der Waals surface area contributed by atoms with E-state index in [1.54, 1.807) is 0 Å². The zero-order valence-corrected chi connectivity index (χ0v) is 28.1. The Morgan fingerprint density at radius 1 is 1.06 bits per heavy atom. The molecule has 2 N–H and O–H groups in total. The summed E-state index contributed by atoms with van der Waals surface area (Å²) in [4.78, 5) is 18.9. The fourth-order valence-electron chi connectivity index (χ4n) is 8.76. The van der Waals surface area contributed by atoms with E-state index in [0.29, 0.717) is 48.3 Å². The van der Waals surface area contributed by atoms with Crippen LogP contribution in [0.2, 0.25) is 0 Å². The second kappa shape index (κ2) is 12.2. The number of halogens is 2. The number of rotatable bonds is 8. The van der Waals surface area contributed by atoms with Gasteiger partial charge in [-0.15, -0.1) is 6.42 Å². The largest absolute Gasteiger partial charge is 0.508 e. The molecule has 2 bridgehead atoms. The Morgan fingerprint density at radius 2 is 1.88 bits per heavy atom. The molecule has 4 aliphatic heterocycles. The second-order valence-corrected chi connectivity index (χ2v) is 14.8. The highest BCUT2D eigenvalue weighted by Gasteiger charge is 2.48. The molecular weight excluding hydrogens is 642 g/mol. The van der Waals surface area contributed by atoms with E-state index in [1.165, 1.54) is 37.8 Å². The molecule has 260 valence electrons. The Kier molecular flexibility index (Phi) is 7.71. The Morgan fingerprint density at radius 3 is 2.62 bits per heavy atom. The molecule has 12 heteroatoms. The average Bonchev–Trinajstić information content (AvgIpc) is 3.63. The van der Waals surface area contributed by atoms with Crippen molar-refractivity contribution in [3.8, 4) is 41.2 Å². The van der Waals surface area contributed by atoms with Crippen molar-refractivity contribution >= 4 is 27.5 Å². The number of phenolic OH excluding ortho intramolecular Hbond substituents is 1. The van der Waals surface area contributed by atoms with Crippen LogP contribution in [-0.4, -0.2) is 96.2 Å². The zero-order valence-electron chi connectivity index (χ0n) is 28.1. The van der Waals surface area contributed by atoms with Crippen LogP contribution in [0.5, 0.6) is 17.6 Å². The average molecular weight is 683 g/mol. The molecular formula is C38H40F2N6O4. The maximum Gasteiger partial charge on any atom is 0.319 e. The van der Waals surface area contributed by atoms with Crippen LogP contribution >= 0.6 is 0 Å². The van der Waals surface area contributed by atoms with Crippen LogP contribution in [-0.2, 0) is 4.74 Å². The minimum Gasteiger partial charge on any atom is -0.508 e. The van der Waals surface area contributed by atoms with Gasteiger partial charge in [0.05, 0.1) is 25.4 Å². The number of aromatic nitrogens is 3. The number of benzene rings is 2. The maximum absolute atomic E-state index is 17.1. The third kappa shape index (κ3) is 5.47. The lowest BCUT2D eigenvalue weighted by Crippen LogP contribution is -2.51. The van der Waals surface area contributed by atoms with E-state index >= 15 is 4.39 Å². The van der Waals surface area contributed by atoms with Crippen molar-refractivity contribution in [1.29, 1.82) is 0 Å². The molecule has 50 heavy (non-hydrogen) atoms. The smallest absolute Gasteiger partial charge is 0.319 e. The third-order valence-electron chi connectivity index (χ3n) is 11.4. The summed E-state index contributed by atoms with van der Waals surface area (Å²) in [5.74, 6) is 2.05. The van der Waals surface area contributed by atoms with Gasteiger partial charge in [0.2, 0.25) is 5.88 Å². The summed E-state index contributed by atoms with van der Waals surface area (Å²) in [5, 5.41) is 15.3. The quantitative estimate of drug-likeness (QED) is 0.246. The zero-order chi connectivity index (χ0) is 34.1. The van der Waals surface area contributed by atoms with Crippen LogP contribution in [0.3, 0.4) is 0 Å². The normalized spacial score (nSPS) is 25.5. The van der Waals surface area contributed by atoms with Crippen molar-refractivity contribution in [2.24, 2.45) is 11.3 Å². The predicted octanol–water partition coefficient (Wildman–Crippen LogP) is 5.03. The maximum atomic E-state index is 17.1. The molecule has 4 saturated heterocycles. The van der Waals surface area contributed by atoms with Crippen molar-refractivity contribution in [2.75, 3.05) is 57.9 Å². The van der Waals surface area contributed by atoms with Gasteiger partial charge in [0.15, 0.2) is 5.82 Å². The number of methoxy groups -OCH3 is 1. The summed E-state index contributed by atoms with van der Waals surface area (Å²) in [7, 11) is 1.46. The van der Waals surface area contributed by atoms with E-state index in [4.69, 9.17) is 25.6 Å². The summed E-state index contributed by atoms with van der Waals surface area (Å²) in [6.45, 7) is 5.53. The molecule has 4 aromatic rings. The molecule has 4 atom stereocenters. The molecule has 0 radical (unpaired) electrons. The number of anilines is 1. The molecule has 2 aromatic carbocycles. The lowest BCUT2D eigenvalue weighted by atomic mass is 9.95. The number of phenols is 1. The van der Waals surface area contributed by atoms with Gasteiger partial charge in [-0.3, -0.25) is 4.90 Å². The Labute approximate surface area is 289 Å². The van der Waals surface area contributed by atoms with Crippen molar-refractivity contribution < 1.29 is 28.1 Å². The molecule has 0 spiro atoms. The van der Waals surface area contributed by atoms with E-state index in [9.17, 15) is 9.50 Å². The lowest BCUT2D eigenvalue weighted by molar-refractivity contribution is -0.00153. The summed E-state index contributed by atoms with van der Waals surface area (Å²) in [6, 6.07) is 6.16. The summed E-state index contributed by atoms with van der Waals surface area (Å²) in [5.41, 5.74) is -0.154. The first-order valence-corrected chi connectivity index (χ1v) is 17.7. The summed E-state index contributed by atoms with van der Waals surface area (Å²) >= 11 is 0. The Hall–Kier alpha value is -4.31. The number of nitrogens with one attached hydrogen (secondary N) is 1. The van der Waals surface area contributed by atoms with Crippen LogP contribution < -0.4 is 19.7 Å². The molecule has 4 unspecified atom stereocenters. The first kappa shape index (κ1) is 31.7. The number of piperazine rings is 1. The molecule has 0 amide bonds. The number of hydrogen-bond donors (Lipinski definition) is 2. The van der Waals surface area contributed by atoms with E-state index in [-0.39, 0.29) is 62.9 Å². The van der Waals surface area contributed by atoms with Gasteiger partial charge in [-0.05, 0) is 68.0 Å². The minimum absolute atomic E-state index is 0.0179. The van der Waals surface area contributed by atoms with E-state index < -0.39 is 11.6 Å². The minimum atomic E-state index is -0.771. The first-order chi connectivity index (χ1) is 24.3. The van der Waals surface area contributed by atoms with Gasteiger partial charge in [-0.25, -0.2) is 13.8 Å². The van der Waals surface area contributed by atoms with Crippen molar-refractivity contribution in [1.82, 2.24) is 25.2 Å². The molecule has 9 rings (SSSR count). The molecule has 1 aliphatic carbocycles. The van der Waals surface area contributed by atoms with Gasteiger partial charge in [0.25, 0.3) is 0 Å². The topological polar surface area (TPSA) is 105 Å². The number of aromatic hydroxyl groups is 1. The summed E-state index contributed by atoms with van der Waals surface area (Å²) < 4.78 is 50.4. The molecule has 5 fully saturated rings. The number of pyridine rings is 1. The number of likely N-dealkylation sites (tertiary alicyclic amines) is 1. The molecule has 2 aromatic heterocycles. The first-order valence-electron chi connectivity index (χ1n) is 17.7. The van der Waals surface area contributed by atoms with Crippen molar-refractivity contribution in [3.63, 3.8) is 0 Å². The van der Waals surface area contributed by atoms with Gasteiger partial charge in [0.1, 0.15) is 34.0 Å². The molecule has 1 saturated carbocycles. The van der Waals surface area contributed by atoms with Crippen molar-refractivity contribution in [3.05, 3.63) is 41.5 Å². The Bertz CT molecular complexity index is 2020. The predicted molar refractivity (Wildman–Crippen MR) is 185 cm³/mol. The molecule has 5 aliphatic rings. The van der Waals surface area contributed by atoms with Gasteiger partial charge in [0, 0.05) is 67.8 Å². The molecule has 6 heterocycles. The van der Waals surface area contributed by atoms with E-state index in [0.717, 1.165) is 58.3 Å². The van der Waals surface area contributed by atoms with Gasteiger partial charge in [-0.2, -0.15) is 9.97 Å². The number of fused-ring (bicyclic) bond motifs is 5. The fourth-order valence-corrected chi connectivity index (χ4v) is 8.76. The van der Waals surface area contributed by atoms with E-state index in [2.05, 4.69) is 31.0 Å². The van der Waals surface area contributed by atoms with Crippen LogP contribution in [0.15, 0.2) is 24.3 Å². The monoisotopic (exact) mass is 682 g/mol. The number of ether oxygens (including phenoxy) is 3. The highest BCUT2D eigenvalue weighted by Crippen LogP contribution is 2.48. The molecule has 10 nitrogen and oxygen atoms in total. The highest BCUT2D eigenvalue weighted by atomic mass is 19.1.